The molecule has 3 heterocycles. The number of likely N-dealkylation sites (N-methyl/N-ethyl adjacent to an activating group) is 1. The summed E-state index contributed by atoms with van der Waals surface area (Å²) in [6.07, 6.45) is 2.60. The molecule has 3 rings (SSSR count). The maximum atomic E-state index is 5.53. The van der Waals surface area contributed by atoms with Crippen LogP contribution in [0.3, 0.4) is 0 Å². The molecule has 0 aliphatic carbocycles. The molecule has 1 unspecified atom stereocenters. The molecule has 2 aliphatic rings. The van der Waals surface area contributed by atoms with Gasteiger partial charge in [-0.1, -0.05) is 0 Å². The Labute approximate surface area is 101 Å². The second-order valence-electron chi connectivity index (χ2n) is 4.76. The molecule has 0 aromatic carbocycles. The summed E-state index contributed by atoms with van der Waals surface area (Å²) in [5, 5.41) is 3.53. The predicted octanol–water partition coefficient (Wildman–Crippen LogP) is 0.125. The summed E-state index contributed by atoms with van der Waals surface area (Å²) in [6.45, 7) is 4.55. The van der Waals surface area contributed by atoms with E-state index in [4.69, 9.17) is 4.74 Å². The largest absolute Gasteiger partial charge is 0.376 e. The monoisotopic (exact) mass is 234 g/mol. The smallest absolute Gasteiger partial charge is 0.116 e. The maximum absolute atomic E-state index is 5.53. The summed E-state index contributed by atoms with van der Waals surface area (Å²) in [4.78, 5) is 11.2. The number of rotatable bonds is 1. The fraction of sp³-hybridized carbons (Fsp3) is 0.667. The lowest BCUT2D eigenvalue weighted by Gasteiger charge is -2.32. The average molecular weight is 234 g/mol. The van der Waals surface area contributed by atoms with Crippen LogP contribution in [0.4, 0.5) is 0 Å². The minimum Gasteiger partial charge on any atom is -0.376 e. The first-order valence-corrected chi connectivity index (χ1v) is 6.17. The maximum Gasteiger partial charge on any atom is 0.116 e. The van der Waals surface area contributed by atoms with E-state index in [1.165, 1.54) is 5.56 Å². The normalized spacial score (nSPS) is 25.6. The van der Waals surface area contributed by atoms with E-state index in [9.17, 15) is 0 Å². The minimum atomic E-state index is 0.312. The lowest BCUT2D eigenvalue weighted by molar-refractivity contribution is 0.106. The molecular formula is C12H18N4O. The highest BCUT2D eigenvalue weighted by Crippen LogP contribution is 2.23. The van der Waals surface area contributed by atoms with Crippen LogP contribution >= 0.6 is 0 Å². The fourth-order valence-electron chi connectivity index (χ4n) is 2.56. The number of fused-ring (bicyclic) bond motifs is 1. The molecule has 0 spiro atoms. The third kappa shape index (κ3) is 2.18. The Kier molecular flexibility index (Phi) is 3.05. The quantitative estimate of drug-likeness (QED) is 0.748. The summed E-state index contributed by atoms with van der Waals surface area (Å²) < 4.78 is 5.53. The van der Waals surface area contributed by atoms with Gasteiger partial charge in [-0.25, -0.2) is 9.97 Å². The van der Waals surface area contributed by atoms with Crippen LogP contribution < -0.4 is 5.32 Å². The second kappa shape index (κ2) is 4.68. The van der Waals surface area contributed by atoms with Crippen LogP contribution in [0.15, 0.2) is 6.33 Å². The van der Waals surface area contributed by atoms with Crippen molar-refractivity contribution in [3.05, 3.63) is 23.3 Å². The van der Waals surface area contributed by atoms with Gasteiger partial charge in [0.25, 0.3) is 0 Å². The molecule has 5 nitrogen and oxygen atoms in total. The lowest BCUT2D eigenvalue weighted by atomic mass is 10.0. The molecule has 1 aromatic heterocycles. The molecule has 0 saturated carbocycles. The number of nitrogens with one attached hydrogen (secondary N) is 1. The zero-order chi connectivity index (χ0) is 11.7. The third-order valence-corrected chi connectivity index (χ3v) is 3.51. The van der Waals surface area contributed by atoms with Crippen molar-refractivity contribution >= 4 is 0 Å². The molecule has 1 saturated heterocycles. The number of ether oxygens (including phenoxy) is 1. The molecule has 1 aromatic rings. The number of hydrogen-bond donors (Lipinski definition) is 1. The Morgan fingerprint density at radius 1 is 1.47 bits per heavy atom. The minimum absolute atomic E-state index is 0.312. The SMILES string of the molecule is CN1CCNC(c2ncnc3c2COCC3)C1. The van der Waals surface area contributed by atoms with Crippen molar-refractivity contribution in [3.8, 4) is 0 Å². The molecule has 1 atom stereocenters. The van der Waals surface area contributed by atoms with Gasteiger partial charge in [0.1, 0.15) is 6.33 Å². The van der Waals surface area contributed by atoms with Gasteiger partial charge in [0, 0.05) is 31.6 Å². The van der Waals surface area contributed by atoms with E-state index in [0.717, 1.165) is 44.0 Å². The Morgan fingerprint density at radius 2 is 2.41 bits per heavy atom. The predicted molar refractivity (Wildman–Crippen MR) is 63.6 cm³/mol. The van der Waals surface area contributed by atoms with Crippen molar-refractivity contribution in [1.29, 1.82) is 0 Å². The van der Waals surface area contributed by atoms with Gasteiger partial charge < -0.3 is 15.0 Å². The van der Waals surface area contributed by atoms with Gasteiger partial charge in [-0.15, -0.1) is 0 Å². The van der Waals surface area contributed by atoms with E-state index in [1.54, 1.807) is 6.33 Å². The summed E-state index contributed by atoms with van der Waals surface area (Å²) in [6, 6.07) is 0.312. The van der Waals surface area contributed by atoms with Gasteiger partial charge in [-0.3, -0.25) is 0 Å². The highest BCUT2D eigenvalue weighted by molar-refractivity contribution is 5.28. The zero-order valence-electron chi connectivity index (χ0n) is 10.1. The molecule has 92 valence electrons. The molecule has 1 fully saturated rings. The average Bonchev–Trinajstić information content (AvgIpc) is 2.38. The highest BCUT2D eigenvalue weighted by Gasteiger charge is 2.25. The molecule has 5 heteroatoms. The van der Waals surface area contributed by atoms with Crippen LogP contribution in [0.5, 0.6) is 0 Å². The van der Waals surface area contributed by atoms with Crippen molar-refractivity contribution < 1.29 is 4.74 Å². The first kappa shape index (κ1) is 11.1. The van der Waals surface area contributed by atoms with Crippen LogP contribution in [0, 0.1) is 0 Å². The number of nitrogens with zero attached hydrogens (tertiary/aromatic N) is 3. The van der Waals surface area contributed by atoms with Gasteiger partial charge in [-0.05, 0) is 7.05 Å². The van der Waals surface area contributed by atoms with Crippen LogP contribution in [-0.4, -0.2) is 48.2 Å². The van der Waals surface area contributed by atoms with Crippen molar-refractivity contribution in [1.82, 2.24) is 20.2 Å². The number of hydrogen-bond acceptors (Lipinski definition) is 5. The van der Waals surface area contributed by atoms with E-state index in [-0.39, 0.29) is 0 Å². The summed E-state index contributed by atoms with van der Waals surface area (Å²) >= 11 is 0. The van der Waals surface area contributed by atoms with E-state index in [2.05, 4.69) is 27.2 Å². The van der Waals surface area contributed by atoms with Crippen LogP contribution in [-0.2, 0) is 17.8 Å². The Morgan fingerprint density at radius 3 is 3.29 bits per heavy atom. The molecule has 0 radical (unpaired) electrons. The molecule has 17 heavy (non-hydrogen) atoms. The van der Waals surface area contributed by atoms with Crippen LogP contribution in [0.2, 0.25) is 0 Å². The summed E-state index contributed by atoms with van der Waals surface area (Å²) in [5.74, 6) is 0. The second-order valence-corrected chi connectivity index (χ2v) is 4.76. The molecule has 2 aliphatic heterocycles. The summed E-state index contributed by atoms with van der Waals surface area (Å²) in [5.41, 5.74) is 3.49. The number of aromatic nitrogens is 2. The molecule has 0 bridgehead atoms. The van der Waals surface area contributed by atoms with Crippen molar-refractivity contribution in [3.63, 3.8) is 0 Å². The van der Waals surface area contributed by atoms with Gasteiger partial charge in [0.05, 0.1) is 30.6 Å². The Bertz CT molecular complexity index is 409. The first-order valence-electron chi connectivity index (χ1n) is 6.17. The highest BCUT2D eigenvalue weighted by atomic mass is 16.5. The lowest BCUT2D eigenvalue weighted by Crippen LogP contribution is -2.44. The van der Waals surface area contributed by atoms with Crippen molar-refractivity contribution in [2.24, 2.45) is 0 Å². The third-order valence-electron chi connectivity index (χ3n) is 3.51. The van der Waals surface area contributed by atoms with Gasteiger partial charge in [0.2, 0.25) is 0 Å². The van der Waals surface area contributed by atoms with Crippen LogP contribution in [0.1, 0.15) is 23.0 Å². The topological polar surface area (TPSA) is 50.3 Å². The van der Waals surface area contributed by atoms with Crippen molar-refractivity contribution in [2.75, 3.05) is 33.3 Å². The Balaban J connectivity index is 1.91. The van der Waals surface area contributed by atoms with Crippen LogP contribution in [0.25, 0.3) is 0 Å². The molecule has 1 N–H and O–H groups in total. The van der Waals surface area contributed by atoms with E-state index < -0.39 is 0 Å². The van der Waals surface area contributed by atoms with Crippen molar-refractivity contribution in [2.45, 2.75) is 19.1 Å². The zero-order valence-corrected chi connectivity index (χ0v) is 10.1. The van der Waals surface area contributed by atoms with Gasteiger partial charge >= 0.3 is 0 Å². The standard InChI is InChI=1S/C12H18N4O/c1-16-4-3-13-11(6-16)12-9-7-17-5-2-10(9)14-8-15-12/h8,11,13H,2-7H2,1H3. The van der Waals surface area contributed by atoms with E-state index in [1.807, 2.05) is 0 Å². The number of piperazine rings is 1. The van der Waals surface area contributed by atoms with Gasteiger partial charge in [0.15, 0.2) is 0 Å². The summed E-state index contributed by atoms with van der Waals surface area (Å²) in [7, 11) is 2.15. The van der Waals surface area contributed by atoms with E-state index in [0.29, 0.717) is 12.6 Å². The van der Waals surface area contributed by atoms with Gasteiger partial charge in [-0.2, -0.15) is 0 Å². The first-order chi connectivity index (χ1) is 8.34. The fourth-order valence-corrected chi connectivity index (χ4v) is 2.56. The Hall–Kier alpha value is -1.04. The van der Waals surface area contributed by atoms with E-state index >= 15 is 0 Å². The molecule has 0 amide bonds. The molecular weight excluding hydrogens is 216 g/mol.